The highest BCUT2D eigenvalue weighted by Gasteiger charge is 2.39. The molecule has 0 N–H and O–H groups in total. The number of benzene rings is 2. The summed E-state index contributed by atoms with van der Waals surface area (Å²) in [6, 6.07) is 13.8. The molecule has 0 aliphatic heterocycles. The van der Waals surface area contributed by atoms with Crippen LogP contribution in [-0.4, -0.2) is 28.9 Å². The van der Waals surface area contributed by atoms with Gasteiger partial charge < -0.3 is 14.4 Å². The van der Waals surface area contributed by atoms with Crippen molar-refractivity contribution in [1.82, 2.24) is 9.88 Å². The second-order valence-electron chi connectivity index (χ2n) is 7.84. The fraction of sp³-hybridized carbons (Fsp3) is 0.280. The first-order chi connectivity index (χ1) is 15.9. The predicted octanol–water partition coefficient (Wildman–Crippen LogP) is 5.49. The minimum atomic E-state index is -4.60. The van der Waals surface area contributed by atoms with Crippen LogP contribution < -0.4 is 9.47 Å². The van der Waals surface area contributed by atoms with Crippen LogP contribution in [-0.2, 0) is 19.3 Å². The van der Waals surface area contributed by atoms with Crippen LogP contribution in [0.15, 0.2) is 67.0 Å². The molecule has 8 heteroatoms. The van der Waals surface area contributed by atoms with Gasteiger partial charge in [0.05, 0.1) is 18.2 Å². The van der Waals surface area contributed by atoms with E-state index in [1.54, 1.807) is 30.6 Å². The average Bonchev–Trinajstić information content (AvgIpc) is 3.66. The van der Waals surface area contributed by atoms with E-state index in [0.717, 1.165) is 30.0 Å². The molecule has 1 heterocycles. The number of hydrogen-bond donors (Lipinski definition) is 0. The third kappa shape index (κ3) is 5.45. The monoisotopic (exact) mass is 456 g/mol. The van der Waals surface area contributed by atoms with Gasteiger partial charge in [0.15, 0.2) is 11.5 Å². The van der Waals surface area contributed by atoms with Crippen molar-refractivity contribution in [3.8, 4) is 11.5 Å². The number of hydrogen-bond acceptors (Lipinski definition) is 4. The Labute approximate surface area is 189 Å². The molecular formula is C25H23F3N2O3. The third-order valence-electron chi connectivity index (χ3n) is 5.44. The summed E-state index contributed by atoms with van der Waals surface area (Å²) >= 11 is 0. The third-order valence-corrected chi connectivity index (χ3v) is 5.44. The van der Waals surface area contributed by atoms with Crippen LogP contribution in [0.4, 0.5) is 13.2 Å². The summed E-state index contributed by atoms with van der Waals surface area (Å²) < 4.78 is 51.7. The maximum Gasteiger partial charge on any atom is 0.417 e. The number of carbonyl (C=O) groups is 1. The van der Waals surface area contributed by atoms with Crippen LogP contribution in [0.5, 0.6) is 11.5 Å². The maximum absolute atomic E-state index is 13.5. The number of nitrogens with zero attached hydrogens (tertiary/aromatic N) is 2. The number of halogens is 3. The van der Waals surface area contributed by atoms with Gasteiger partial charge in [-0.2, -0.15) is 13.2 Å². The molecule has 0 spiro atoms. The summed E-state index contributed by atoms with van der Waals surface area (Å²) in [6.07, 6.45) is 0.271. The molecule has 1 saturated carbocycles. The van der Waals surface area contributed by atoms with Gasteiger partial charge in [0.2, 0.25) is 0 Å². The highest BCUT2D eigenvalue weighted by atomic mass is 19.4. The zero-order chi connectivity index (χ0) is 23.4. The van der Waals surface area contributed by atoms with E-state index in [2.05, 4.69) is 4.98 Å². The number of ether oxygens (including phenoxy) is 2. The number of rotatable bonds is 8. The first kappa shape index (κ1) is 22.6. The van der Waals surface area contributed by atoms with Gasteiger partial charge in [-0.05, 0) is 60.4 Å². The zero-order valence-electron chi connectivity index (χ0n) is 18.0. The fourth-order valence-corrected chi connectivity index (χ4v) is 3.59. The summed E-state index contributed by atoms with van der Waals surface area (Å²) in [5.41, 5.74) is 0.414. The lowest BCUT2D eigenvalue weighted by Gasteiger charge is -2.25. The Morgan fingerprint density at radius 3 is 2.42 bits per heavy atom. The van der Waals surface area contributed by atoms with Crippen molar-refractivity contribution in [2.24, 2.45) is 0 Å². The number of aromatic nitrogens is 1. The summed E-state index contributed by atoms with van der Waals surface area (Å²) in [7, 11) is 1.53. The van der Waals surface area contributed by atoms with E-state index in [1.165, 1.54) is 30.2 Å². The standard InChI is InChI=1S/C25H23F3N2O3/c1-32-22-9-6-18(14-23(22)33-16-17-10-12-29-13-11-17)15-30(19-7-8-19)24(31)20-4-2-3-5-21(20)25(26,27)28/h2-6,9-14,19H,7-8,15-16H2,1H3. The fourth-order valence-electron chi connectivity index (χ4n) is 3.59. The van der Waals surface area contributed by atoms with E-state index in [0.29, 0.717) is 18.1 Å². The second-order valence-corrected chi connectivity index (χ2v) is 7.84. The van der Waals surface area contributed by atoms with Gasteiger partial charge in [-0.1, -0.05) is 18.2 Å². The van der Waals surface area contributed by atoms with Crippen molar-refractivity contribution in [2.75, 3.05) is 7.11 Å². The first-order valence-corrected chi connectivity index (χ1v) is 10.5. The van der Waals surface area contributed by atoms with Crippen LogP contribution in [0.3, 0.4) is 0 Å². The highest BCUT2D eigenvalue weighted by Crippen LogP contribution is 2.36. The van der Waals surface area contributed by atoms with E-state index in [9.17, 15) is 18.0 Å². The number of amides is 1. The van der Waals surface area contributed by atoms with Gasteiger partial charge in [-0.3, -0.25) is 9.78 Å². The number of pyridine rings is 1. The zero-order valence-corrected chi connectivity index (χ0v) is 18.0. The van der Waals surface area contributed by atoms with Gasteiger partial charge in [0.25, 0.3) is 5.91 Å². The molecule has 4 rings (SSSR count). The average molecular weight is 456 g/mol. The first-order valence-electron chi connectivity index (χ1n) is 10.5. The van der Waals surface area contributed by atoms with E-state index in [-0.39, 0.29) is 18.2 Å². The van der Waals surface area contributed by atoms with Crippen LogP contribution in [0.1, 0.15) is 39.9 Å². The summed E-state index contributed by atoms with van der Waals surface area (Å²) in [6.45, 7) is 0.470. The molecule has 0 saturated heterocycles. The Hall–Kier alpha value is -3.55. The topological polar surface area (TPSA) is 51.7 Å². The predicted molar refractivity (Wildman–Crippen MR) is 116 cm³/mol. The van der Waals surface area contributed by atoms with Gasteiger partial charge in [0, 0.05) is 25.0 Å². The molecule has 1 aliphatic carbocycles. The molecule has 0 atom stereocenters. The van der Waals surface area contributed by atoms with Crippen molar-refractivity contribution in [1.29, 1.82) is 0 Å². The maximum atomic E-state index is 13.5. The summed E-state index contributed by atoms with van der Waals surface area (Å²) in [5, 5.41) is 0. The van der Waals surface area contributed by atoms with E-state index >= 15 is 0 Å². The molecule has 0 unspecified atom stereocenters. The second kappa shape index (κ2) is 9.52. The Morgan fingerprint density at radius 1 is 1.03 bits per heavy atom. The smallest absolute Gasteiger partial charge is 0.417 e. The molecule has 33 heavy (non-hydrogen) atoms. The molecule has 0 radical (unpaired) electrons. The van der Waals surface area contributed by atoms with E-state index < -0.39 is 17.6 Å². The lowest BCUT2D eigenvalue weighted by molar-refractivity contribution is -0.138. The highest BCUT2D eigenvalue weighted by molar-refractivity contribution is 5.96. The number of carbonyl (C=O) groups excluding carboxylic acids is 1. The molecular weight excluding hydrogens is 433 g/mol. The number of alkyl halides is 3. The molecule has 1 amide bonds. The van der Waals surface area contributed by atoms with Crippen molar-refractivity contribution in [3.63, 3.8) is 0 Å². The number of methoxy groups -OCH3 is 1. The van der Waals surface area contributed by atoms with Crippen LogP contribution >= 0.6 is 0 Å². The van der Waals surface area contributed by atoms with Crippen molar-refractivity contribution < 1.29 is 27.4 Å². The van der Waals surface area contributed by atoms with Gasteiger partial charge in [-0.15, -0.1) is 0 Å². The Balaban J connectivity index is 1.57. The Kier molecular flexibility index (Phi) is 6.53. The normalized spacial score (nSPS) is 13.5. The molecule has 1 aromatic heterocycles. The van der Waals surface area contributed by atoms with Gasteiger partial charge in [-0.25, -0.2) is 0 Å². The molecule has 1 fully saturated rings. The lowest BCUT2D eigenvalue weighted by atomic mass is 10.0. The molecule has 3 aromatic rings. The van der Waals surface area contributed by atoms with Crippen molar-refractivity contribution in [2.45, 2.75) is 38.2 Å². The van der Waals surface area contributed by atoms with Crippen LogP contribution in [0.2, 0.25) is 0 Å². The lowest BCUT2D eigenvalue weighted by Crippen LogP contribution is -2.34. The van der Waals surface area contributed by atoms with E-state index in [4.69, 9.17) is 9.47 Å². The minimum absolute atomic E-state index is 0.0814. The molecule has 172 valence electrons. The summed E-state index contributed by atoms with van der Waals surface area (Å²) in [5.74, 6) is 0.394. The largest absolute Gasteiger partial charge is 0.493 e. The molecule has 0 bridgehead atoms. The van der Waals surface area contributed by atoms with Crippen LogP contribution in [0, 0.1) is 0 Å². The molecule has 5 nitrogen and oxygen atoms in total. The Morgan fingerprint density at radius 2 is 1.76 bits per heavy atom. The van der Waals surface area contributed by atoms with Gasteiger partial charge >= 0.3 is 6.18 Å². The molecule has 1 aliphatic rings. The van der Waals surface area contributed by atoms with Gasteiger partial charge in [0.1, 0.15) is 6.61 Å². The molecule has 2 aromatic carbocycles. The van der Waals surface area contributed by atoms with Crippen LogP contribution in [0.25, 0.3) is 0 Å². The van der Waals surface area contributed by atoms with Crippen molar-refractivity contribution in [3.05, 3.63) is 89.2 Å². The SMILES string of the molecule is COc1ccc(CN(C(=O)c2ccccc2C(F)(F)F)C2CC2)cc1OCc1ccncc1. The Bertz CT molecular complexity index is 1120. The van der Waals surface area contributed by atoms with E-state index in [1.807, 2.05) is 12.1 Å². The van der Waals surface area contributed by atoms with Crippen molar-refractivity contribution >= 4 is 5.91 Å². The minimum Gasteiger partial charge on any atom is -0.493 e. The quantitative estimate of drug-likeness (QED) is 0.450. The summed E-state index contributed by atoms with van der Waals surface area (Å²) in [4.78, 5) is 18.7.